The number of hydrogen-bond donors (Lipinski definition) is 0. The van der Waals surface area contributed by atoms with Gasteiger partial charge in [-0.15, -0.1) is 13.2 Å². The second-order valence-electron chi connectivity index (χ2n) is 3.81. The van der Waals surface area contributed by atoms with E-state index in [0.717, 1.165) is 24.0 Å². The fraction of sp³-hybridized carbons (Fsp3) is 0.455. The summed E-state index contributed by atoms with van der Waals surface area (Å²) in [5.74, 6) is 0.216. The average Bonchev–Trinajstić information content (AvgIpc) is 2.84. The van der Waals surface area contributed by atoms with Crippen LogP contribution in [-0.2, 0) is 0 Å². The van der Waals surface area contributed by atoms with Gasteiger partial charge in [0.2, 0.25) is 0 Å². The van der Waals surface area contributed by atoms with Crippen LogP contribution in [0.1, 0.15) is 29.9 Å². The van der Waals surface area contributed by atoms with Crippen LogP contribution in [-0.4, -0.2) is 6.36 Å². The van der Waals surface area contributed by atoms with Crippen molar-refractivity contribution in [2.45, 2.75) is 32.0 Å². The van der Waals surface area contributed by atoms with Crippen LogP contribution < -0.4 is 4.74 Å². The van der Waals surface area contributed by atoms with Crippen molar-refractivity contribution in [3.05, 3.63) is 29.3 Å². The van der Waals surface area contributed by atoms with Gasteiger partial charge in [0.25, 0.3) is 0 Å². The van der Waals surface area contributed by atoms with Crippen molar-refractivity contribution in [3.8, 4) is 5.75 Å². The molecule has 1 aromatic carbocycles. The Kier molecular flexibility index (Phi) is 2.37. The third-order valence-electron chi connectivity index (χ3n) is 2.50. The van der Waals surface area contributed by atoms with Gasteiger partial charge < -0.3 is 4.74 Å². The van der Waals surface area contributed by atoms with E-state index < -0.39 is 6.36 Å². The molecule has 0 radical (unpaired) electrons. The number of aryl methyl sites for hydroxylation is 1. The predicted molar refractivity (Wildman–Crippen MR) is 49.8 cm³/mol. The van der Waals surface area contributed by atoms with Gasteiger partial charge in [-0.1, -0.05) is 12.1 Å². The number of halogens is 3. The van der Waals surface area contributed by atoms with Crippen LogP contribution in [0, 0.1) is 6.92 Å². The van der Waals surface area contributed by atoms with Gasteiger partial charge >= 0.3 is 6.36 Å². The Morgan fingerprint density at radius 2 is 1.93 bits per heavy atom. The van der Waals surface area contributed by atoms with E-state index in [0.29, 0.717) is 0 Å². The lowest BCUT2D eigenvalue weighted by molar-refractivity contribution is -0.274. The summed E-state index contributed by atoms with van der Waals surface area (Å²) in [6.07, 6.45) is -2.68. The second kappa shape index (κ2) is 3.43. The van der Waals surface area contributed by atoms with E-state index in [2.05, 4.69) is 4.74 Å². The van der Waals surface area contributed by atoms with Gasteiger partial charge in [0, 0.05) is 5.56 Å². The van der Waals surface area contributed by atoms with Crippen LogP contribution >= 0.6 is 0 Å². The lowest BCUT2D eigenvalue weighted by Crippen LogP contribution is -2.18. The highest BCUT2D eigenvalue weighted by molar-refractivity contribution is 5.44. The van der Waals surface area contributed by atoms with E-state index in [1.807, 2.05) is 13.0 Å². The molecule has 0 spiro atoms. The lowest BCUT2D eigenvalue weighted by Gasteiger charge is -2.14. The van der Waals surface area contributed by atoms with Crippen molar-refractivity contribution in [3.63, 3.8) is 0 Å². The van der Waals surface area contributed by atoms with Gasteiger partial charge in [-0.05, 0) is 37.3 Å². The zero-order valence-electron chi connectivity index (χ0n) is 8.27. The summed E-state index contributed by atoms with van der Waals surface area (Å²) in [7, 11) is 0. The van der Waals surface area contributed by atoms with E-state index in [4.69, 9.17) is 0 Å². The smallest absolute Gasteiger partial charge is 0.405 e. The highest BCUT2D eigenvalue weighted by Gasteiger charge is 2.35. The molecule has 1 aromatic rings. The minimum Gasteiger partial charge on any atom is -0.405 e. The molecule has 1 aliphatic carbocycles. The third-order valence-corrected chi connectivity index (χ3v) is 2.50. The number of ether oxygens (including phenoxy) is 1. The van der Waals surface area contributed by atoms with Crippen LogP contribution in [0.2, 0.25) is 0 Å². The maximum absolute atomic E-state index is 12.1. The maximum atomic E-state index is 12.1. The zero-order valence-corrected chi connectivity index (χ0v) is 8.27. The summed E-state index contributed by atoms with van der Waals surface area (Å²) >= 11 is 0. The largest absolute Gasteiger partial charge is 0.573 e. The summed E-state index contributed by atoms with van der Waals surface area (Å²) in [6, 6.07) is 4.79. The number of alkyl halides is 3. The molecule has 0 saturated heterocycles. The molecular formula is C11H11F3O. The Morgan fingerprint density at radius 1 is 1.27 bits per heavy atom. The molecule has 0 unspecified atom stereocenters. The molecule has 0 aromatic heterocycles. The van der Waals surface area contributed by atoms with Crippen molar-refractivity contribution in [1.82, 2.24) is 0 Å². The van der Waals surface area contributed by atoms with Crippen molar-refractivity contribution in [2.24, 2.45) is 0 Å². The first-order valence-corrected chi connectivity index (χ1v) is 4.82. The molecule has 0 N–H and O–H groups in total. The normalized spacial score (nSPS) is 16.5. The minimum absolute atomic E-state index is 0.0370. The van der Waals surface area contributed by atoms with Crippen molar-refractivity contribution in [1.29, 1.82) is 0 Å². The van der Waals surface area contributed by atoms with Crippen molar-refractivity contribution in [2.75, 3.05) is 0 Å². The van der Waals surface area contributed by atoms with E-state index >= 15 is 0 Å². The van der Waals surface area contributed by atoms with E-state index in [9.17, 15) is 13.2 Å². The van der Waals surface area contributed by atoms with Gasteiger partial charge in [0.05, 0.1) is 0 Å². The molecule has 15 heavy (non-hydrogen) atoms. The molecule has 0 amide bonds. The molecule has 1 nitrogen and oxygen atoms in total. The summed E-state index contributed by atoms with van der Waals surface area (Å²) in [5, 5.41) is 0. The Balaban J connectivity index is 2.33. The number of hydrogen-bond acceptors (Lipinski definition) is 1. The van der Waals surface area contributed by atoms with Crippen molar-refractivity contribution < 1.29 is 17.9 Å². The monoisotopic (exact) mass is 216 g/mol. The fourth-order valence-electron chi connectivity index (χ4n) is 1.76. The Bertz CT molecular complexity index is 367. The van der Waals surface area contributed by atoms with Crippen LogP contribution in [0.5, 0.6) is 5.75 Å². The molecule has 0 aliphatic heterocycles. The molecule has 0 heterocycles. The quantitative estimate of drug-likeness (QED) is 0.731. The van der Waals surface area contributed by atoms with Crippen molar-refractivity contribution >= 4 is 0 Å². The first kappa shape index (κ1) is 10.3. The van der Waals surface area contributed by atoms with Gasteiger partial charge in [0.15, 0.2) is 0 Å². The molecule has 1 aliphatic rings. The first-order valence-electron chi connectivity index (χ1n) is 4.82. The summed E-state index contributed by atoms with van der Waals surface area (Å²) in [5.41, 5.74) is 1.59. The molecule has 1 saturated carbocycles. The highest BCUT2D eigenvalue weighted by Crippen LogP contribution is 2.46. The number of benzene rings is 1. The van der Waals surface area contributed by atoms with Crippen LogP contribution in [0.25, 0.3) is 0 Å². The number of rotatable bonds is 2. The van der Waals surface area contributed by atoms with Gasteiger partial charge in [-0.25, -0.2) is 0 Å². The Hall–Kier alpha value is -1.19. The molecule has 0 bridgehead atoms. The summed E-state index contributed by atoms with van der Waals surface area (Å²) in [4.78, 5) is 0. The molecular weight excluding hydrogens is 205 g/mol. The van der Waals surface area contributed by atoms with Crippen LogP contribution in [0.15, 0.2) is 18.2 Å². The first-order chi connectivity index (χ1) is 6.97. The van der Waals surface area contributed by atoms with E-state index in [1.165, 1.54) is 6.07 Å². The molecule has 2 rings (SSSR count). The maximum Gasteiger partial charge on any atom is 0.573 e. The molecule has 1 fully saturated rings. The van der Waals surface area contributed by atoms with Gasteiger partial charge in [0.1, 0.15) is 5.75 Å². The second-order valence-corrected chi connectivity index (χ2v) is 3.81. The Labute approximate surface area is 85.9 Å². The third kappa shape index (κ3) is 2.43. The van der Waals surface area contributed by atoms with Gasteiger partial charge in [-0.3, -0.25) is 0 Å². The molecule has 0 atom stereocenters. The minimum atomic E-state index is -4.60. The summed E-state index contributed by atoms with van der Waals surface area (Å²) < 4.78 is 40.4. The predicted octanol–water partition coefficient (Wildman–Crippen LogP) is 3.77. The summed E-state index contributed by atoms with van der Waals surface area (Å²) in [6.45, 7) is 1.82. The topological polar surface area (TPSA) is 9.23 Å². The molecule has 82 valence electrons. The Morgan fingerprint density at radius 3 is 2.47 bits per heavy atom. The SMILES string of the molecule is Cc1cccc(OC(F)(F)F)c1C1CC1. The van der Waals surface area contributed by atoms with Crippen LogP contribution in [0.3, 0.4) is 0 Å². The molecule has 4 heteroatoms. The van der Waals surface area contributed by atoms with Gasteiger partial charge in [-0.2, -0.15) is 0 Å². The van der Waals surface area contributed by atoms with E-state index in [1.54, 1.807) is 6.07 Å². The zero-order chi connectivity index (χ0) is 11.1. The highest BCUT2D eigenvalue weighted by atomic mass is 19.4. The lowest BCUT2D eigenvalue weighted by atomic mass is 10.0. The van der Waals surface area contributed by atoms with Crippen LogP contribution in [0.4, 0.5) is 13.2 Å². The fourth-order valence-corrected chi connectivity index (χ4v) is 1.76. The standard InChI is InChI=1S/C11H11F3O/c1-7-3-2-4-9(15-11(12,13)14)10(7)8-5-6-8/h2-4,8H,5-6H2,1H3. The average molecular weight is 216 g/mol. The van der Waals surface area contributed by atoms with E-state index in [-0.39, 0.29) is 11.7 Å².